The van der Waals surface area contributed by atoms with Crippen LogP contribution in [0, 0.1) is 11.3 Å². The van der Waals surface area contributed by atoms with Gasteiger partial charge in [-0.2, -0.15) is 0 Å². The molecule has 3 N–H and O–H groups in total. The highest BCUT2D eigenvalue weighted by Crippen LogP contribution is 2.39. The fourth-order valence-electron chi connectivity index (χ4n) is 3.66. The number of carboxylic acid groups (broad SMARTS) is 1. The van der Waals surface area contributed by atoms with Crippen molar-refractivity contribution in [2.45, 2.75) is 52.5 Å². The number of hydrogen-bond acceptors (Lipinski definition) is 5. The minimum absolute atomic E-state index is 0.231. The molecule has 134 valence electrons. The summed E-state index contributed by atoms with van der Waals surface area (Å²) in [6, 6.07) is 5.08. The number of benzene rings is 1. The fourth-order valence-corrected chi connectivity index (χ4v) is 3.66. The number of hydrogen-bond donors (Lipinski definition) is 2. The zero-order valence-electron chi connectivity index (χ0n) is 15.1. The molecule has 0 amide bonds. The molecule has 25 heavy (non-hydrogen) atoms. The van der Waals surface area contributed by atoms with Crippen molar-refractivity contribution in [1.29, 1.82) is 0 Å². The third-order valence-electron chi connectivity index (χ3n) is 5.36. The average Bonchev–Trinajstić information content (AvgIpc) is 2.59. The molecule has 0 saturated heterocycles. The quantitative estimate of drug-likeness (QED) is 0.654. The zero-order chi connectivity index (χ0) is 18.2. The van der Waals surface area contributed by atoms with Gasteiger partial charge in [-0.3, -0.25) is 5.01 Å². The van der Waals surface area contributed by atoms with Crippen LogP contribution in [0.3, 0.4) is 0 Å². The van der Waals surface area contributed by atoms with Crippen LogP contribution in [0.4, 0.5) is 5.95 Å². The summed E-state index contributed by atoms with van der Waals surface area (Å²) in [5.41, 5.74) is 1.27. The summed E-state index contributed by atoms with van der Waals surface area (Å²) in [5.74, 6) is 6.57. The van der Waals surface area contributed by atoms with Crippen molar-refractivity contribution in [3.05, 3.63) is 30.0 Å². The number of carbonyl (C=O) groups is 1. The van der Waals surface area contributed by atoms with Gasteiger partial charge in [-0.05, 0) is 55.2 Å². The molecule has 3 rings (SSSR count). The van der Waals surface area contributed by atoms with E-state index in [-0.39, 0.29) is 11.6 Å². The van der Waals surface area contributed by atoms with Crippen LogP contribution in [0.1, 0.15) is 56.8 Å². The van der Waals surface area contributed by atoms with Crippen LogP contribution in [0.2, 0.25) is 0 Å². The second-order valence-corrected chi connectivity index (χ2v) is 8.03. The molecule has 6 heteroatoms. The Bertz CT molecular complexity index is 777. The summed E-state index contributed by atoms with van der Waals surface area (Å²) in [4.78, 5) is 19.9. The Hall–Kier alpha value is -2.21. The Balaban J connectivity index is 1.75. The topological polar surface area (TPSA) is 92.3 Å². The molecule has 0 atom stereocenters. The molecule has 0 spiro atoms. The minimum Gasteiger partial charge on any atom is -0.478 e. The first kappa shape index (κ1) is 17.6. The van der Waals surface area contributed by atoms with Gasteiger partial charge in [-0.25, -0.2) is 20.6 Å². The van der Waals surface area contributed by atoms with E-state index >= 15 is 0 Å². The van der Waals surface area contributed by atoms with Crippen molar-refractivity contribution in [3.8, 4) is 0 Å². The number of aromatic nitrogens is 2. The van der Waals surface area contributed by atoms with E-state index in [0.717, 1.165) is 31.6 Å². The largest absolute Gasteiger partial charge is 0.478 e. The van der Waals surface area contributed by atoms with Crippen LogP contribution < -0.4 is 10.9 Å². The molecular formula is C19H26N4O2. The smallest absolute Gasteiger partial charge is 0.335 e. The summed E-state index contributed by atoms with van der Waals surface area (Å²) in [6.45, 7) is 6.90. The van der Waals surface area contributed by atoms with Crippen molar-refractivity contribution in [2.75, 3.05) is 5.01 Å². The number of anilines is 1. The van der Waals surface area contributed by atoms with Crippen LogP contribution in [-0.4, -0.2) is 27.1 Å². The first-order valence-electron chi connectivity index (χ1n) is 8.80. The fraction of sp³-hybridized carbons (Fsp3) is 0.526. The standard InChI is InChI=1S/C19H26N4O2/c1-19(2,3)14-5-7-15(8-6-14)23(20)18-21-11-13-10-12(17(24)25)4-9-16(13)22-18/h4,9-11,14-15H,5-8,20H2,1-3H3,(H,24,25). The van der Waals surface area contributed by atoms with Crippen molar-refractivity contribution < 1.29 is 9.90 Å². The molecule has 2 aromatic rings. The van der Waals surface area contributed by atoms with E-state index in [9.17, 15) is 4.79 Å². The van der Waals surface area contributed by atoms with E-state index in [2.05, 4.69) is 30.7 Å². The molecule has 6 nitrogen and oxygen atoms in total. The van der Waals surface area contributed by atoms with Gasteiger partial charge in [0.2, 0.25) is 5.95 Å². The third-order valence-corrected chi connectivity index (χ3v) is 5.36. The Morgan fingerprint density at radius 2 is 1.92 bits per heavy atom. The van der Waals surface area contributed by atoms with Gasteiger partial charge in [0.15, 0.2) is 0 Å². The first-order chi connectivity index (χ1) is 11.8. The van der Waals surface area contributed by atoms with Crippen molar-refractivity contribution in [3.63, 3.8) is 0 Å². The normalized spacial score (nSPS) is 21.3. The lowest BCUT2D eigenvalue weighted by atomic mass is 9.71. The van der Waals surface area contributed by atoms with E-state index in [1.54, 1.807) is 29.4 Å². The molecule has 0 bridgehead atoms. The highest BCUT2D eigenvalue weighted by atomic mass is 16.4. The number of nitrogens with zero attached hydrogens (tertiary/aromatic N) is 3. The van der Waals surface area contributed by atoms with Gasteiger partial charge in [-0.15, -0.1) is 0 Å². The van der Waals surface area contributed by atoms with Crippen molar-refractivity contribution in [1.82, 2.24) is 9.97 Å². The first-order valence-corrected chi connectivity index (χ1v) is 8.80. The van der Waals surface area contributed by atoms with Crippen molar-refractivity contribution in [2.24, 2.45) is 17.2 Å². The molecule has 1 aliphatic rings. The van der Waals surface area contributed by atoms with Crippen LogP contribution in [0.15, 0.2) is 24.4 Å². The Morgan fingerprint density at radius 3 is 2.52 bits per heavy atom. The lowest BCUT2D eigenvalue weighted by molar-refractivity contribution is 0.0697. The third kappa shape index (κ3) is 3.74. The molecule has 1 heterocycles. The molecular weight excluding hydrogens is 316 g/mol. The second-order valence-electron chi connectivity index (χ2n) is 8.03. The predicted molar refractivity (Wildman–Crippen MR) is 98.4 cm³/mol. The van der Waals surface area contributed by atoms with E-state index in [4.69, 9.17) is 10.9 Å². The lowest BCUT2D eigenvalue weighted by Gasteiger charge is -2.39. The molecule has 1 aromatic carbocycles. The highest BCUT2D eigenvalue weighted by Gasteiger charge is 2.32. The van der Waals surface area contributed by atoms with Gasteiger partial charge in [-0.1, -0.05) is 20.8 Å². The summed E-state index contributed by atoms with van der Waals surface area (Å²) in [7, 11) is 0. The predicted octanol–water partition coefficient (Wildman–Crippen LogP) is 3.61. The minimum atomic E-state index is -0.956. The Morgan fingerprint density at radius 1 is 1.24 bits per heavy atom. The summed E-state index contributed by atoms with van der Waals surface area (Å²) in [6.07, 6.45) is 6.05. The monoisotopic (exact) mass is 342 g/mol. The van der Waals surface area contributed by atoms with E-state index < -0.39 is 5.97 Å². The van der Waals surface area contributed by atoms with Gasteiger partial charge in [0.05, 0.1) is 11.1 Å². The lowest BCUT2D eigenvalue weighted by Crippen LogP contribution is -2.45. The van der Waals surface area contributed by atoms with Gasteiger partial charge in [0.25, 0.3) is 0 Å². The summed E-state index contributed by atoms with van der Waals surface area (Å²) < 4.78 is 0. The van der Waals surface area contributed by atoms with Gasteiger partial charge >= 0.3 is 5.97 Å². The van der Waals surface area contributed by atoms with Gasteiger partial charge in [0, 0.05) is 17.6 Å². The number of carboxylic acids is 1. The SMILES string of the molecule is CC(C)(C)C1CCC(N(N)c2ncc3cc(C(=O)O)ccc3n2)CC1. The average molecular weight is 342 g/mol. The molecule has 0 unspecified atom stereocenters. The van der Waals surface area contributed by atoms with Crippen LogP contribution >= 0.6 is 0 Å². The van der Waals surface area contributed by atoms with Crippen LogP contribution in [0.25, 0.3) is 10.9 Å². The van der Waals surface area contributed by atoms with E-state index in [0.29, 0.717) is 22.3 Å². The van der Waals surface area contributed by atoms with Crippen LogP contribution in [-0.2, 0) is 0 Å². The maximum Gasteiger partial charge on any atom is 0.335 e. The van der Waals surface area contributed by atoms with Crippen molar-refractivity contribution >= 4 is 22.8 Å². The maximum absolute atomic E-state index is 11.1. The number of hydrazine groups is 1. The Labute approximate surface area is 148 Å². The van der Waals surface area contributed by atoms with Gasteiger partial charge < -0.3 is 5.11 Å². The number of aromatic carboxylic acids is 1. The molecule has 1 aromatic heterocycles. The Kier molecular flexibility index (Phi) is 4.64. The number of fused-ring (bicyclic) bond motifs is 1. The molecule has 0 aliphatic heterocycles. The zero-order valence-corrected chi connectivity index (χ0v) is 15.1. The highest BCUT2D eigenvalue weighted by molar-refractivity contribution is 5.93. The molecule has 1 fully saturated rings. The molecule has 1 saturated carbocycles. The summed E-state index contributed by atoms with van der Waals surface area (Å²) in [5, 5.41) is 11.5. The molecule has 0 radical (unpaired) electrons. The molecule has 1 aliphatic carbocycles. The van der Waals surface area contributed by atoms with E-state index in [1.807, 2.05) is 0 Å². The number of nitrogens with two attached hydrogens (primary N) is 1. The van der Waals surface area contributed by atoms with Crippen LogP contribution in [0.5, 0.6) is 0 Å². The number of rotatable bonds is 3. The van der Waals surface area contributed by atoms with E-state index in [1.165, 1.54) is 0 Å². The van der Waals surface area contributed by atoms with Gasteiger partial charge in [0.1, 0.15) is 0 Å². The second kappa shape index (κ2) is 6.59. The maximum atomic E-state index is 11.1. The summed E-state index contributed by atoms with van der Waals surface area (Å²) >= 11 is 0.